The molecule has 1 aromatic rings. The van der Waals surface area contributed by atoms with E-state index in [2.05, 4.69) is 0 Å². The molecule has 0 aromatic heterocycles. The second kappa shape index (κ2) is 10.6. The number of carbonyl (C=O) groups excluding carboxylic acids is 4. The van der Waals surface area contributed by atoms with Crippen LogP contribution in [0.5, 0.6) is 0 Å². The van der Waals surface area contributed by atoms with Crippen molar-refractivity contribution < 1.29 is 42.9 Å². The second-order valence-electron chi connectivity index (χ2n) is 13.2. The first kappa shape index (κ1) is 30.4. The average molecular weight is 583 g/mol. The highest BCUT2D eigenvalue weighted by atomic mass is 16.7. The highest BCUT2D eigenvalue weighted by Gasteiger charge is 2.84. The van der Waals surface area contributed by atoms with Gasteiger partial charge in [-0.05, 0) is 41.9 Å². The van der Waals surface area contributed by atoms with Crippen LogP contribution in [0.4, 0.5) is 0 Å². The Balaban J connectivity index is 1.67. The summed E-state index contributed by atoms with van der Waals surface area (Å²) in [6.45, 7) is 13.9. The first-order chi connectivity index (χ1) is 19.7. The molecule has 1 saturated heterocycles. The summed E-state index contributed by atoms with van der Waals surface area (Å²) in [5, 5.41) is 0. The van der Waals surface area contributed by atoms with E-state index >= 15 is 0 Å². The molecule has 0 unspecified atom stereocenters. The Morgan fingerprint density at radius 1 is 0.905 bits per heavy atom. The summed E-state index contributed by atoms with van der Waals surface area (Å²) < 4.78 is 30.8. The Kier molecular flexibility index (Phi) is 7.67. The summed E-state index contributed by atoms with van der Waals surface area (Å²) in [5.41, 5.74) is -1.25. The van der Waals surface area contributed by atoms with Crippen LogP contribution in [0.15, 0.2) is 42.0 Å². The minimum atomic E-state index is -1.24. The van der Waals surface area contributed by atoms with Crippen molar-refractivity contribution in [3.05, 3.63) is 47.5 Å². The van der Waals surface area contributed by atoms with Gasteiger partial charge in [0.15, 0.2) is 17.0 Å². The van der Waals surface area contributed by atoms with Gasteiger partial charge in [0.2, 0.25) is 0 Å². The van der Waals surface area contributed by atoms with Gasteiger partial charge < -0.3 is 23.7 Å². The van der Waals surface area contributed by atoms with Gasteiger partial charge in [-0.25, -0.2) is 0 Å². The van der Waals surface area contributed by atoms with Crippen molar-refractivity contribution >= 4 is 23.7 Å². The molecule has 9 nitrogen and oxygen atoms in total. The SMILES string of the molecule is CC(=O)O[C@H]1[C@H]2[C@@H]([C@H](OC(C)=O)[C@@H](C)C(=O)[C@@]34C[C@H](C)[C@H](OC(C)=O)[C@]3(/C=C(\C)[C@H]1OCc1ccccc1)O4)C2(C)C. The lowest BCUT2D eigenvalue weighted by atomic mass is 9.80. The van der Waals surface area contributed by atoms with Crippen LogP contribution in [-0.4, -0.2) is 59.3 Å². The number of carbonyl (C=O) groups is 4. The quantitative estimate of drug-likeness (QED) is 0.209. The molecule has 42 heavy (non-hydrogen) atoms. The second-order valence-corrected chi connectivity index (χ2v) is 13.2. The number of ether oxygens (including phenoxy) is 5. The van der Waals surface area contributed by atoms with E-state index < -0.39 is 64.9 Å². The highest BCUT2D eigenvalue weighted by molar-refractivity contribution is 5.96. The first-order valence-corrected chi connectivity index (χ1v) is 14.8. The molecule has 228 valence electrons. The van der Waals surface area contributed by atoms with Gasteiger partial charge in [0, 0.05) is 32.6 Å². The van der Waals surface area contributed by atoms with Crippen LogP contribution in [0.3, 0.4) is 0 Å². The molecule has 0 N–H and O–H groups in total. The molecular weight excluding hydrogens is 540 g/mol. The fraction of sp³-hybridized carbons (Fsp3) is 0.636. The maximum Gasteiger partial charge on any atom is 0.303 e. The van der Waals surface area contributed by atoms with Crippen molar-refractivity contribution in [3.8, 4) is 0 Å². The lowest BCUT2D eigenvalue weighted by Gasteiger charge is -2.31. The Hall–Kier alpha value is -3.04. The van der Waals surface area contributed by atoms with Crippen LogP contribution in [0.1, 0.15) is 67.4 Å². The van der Waals surface area contributed by atoms with Gasteiger partial charge in [-0.3, -0.25) is 19.2 Å². The number of fused-ring (bicyclic) bond motifs is 1. The maximum atomic E-state index is 14.4. The van der Waals surface area contributed by atoms with Gasteiger partial charge >= 0.3 is 17.9 Å². The highest BCUT2D eigenvalue weighted by Crippen LogP contribution is 2.68. The topological polar surface area (TPSA) is 118 Å². The van der Waals surface area contributed by atoms with Gasteiger partial charge in [0.25, 0.3) is 0 Å². The normalized spacial score (nSPS) is 41.0. The fourth-order valence-corrected chi connectivity index (χ4v) is 8.04. The summed E-state index contributed by atoms with van der Waals surface area (Å²) >= 11 is 0. The van der Waals surface area contributed by atoms with Crippen LogP contribution in [0.2, 0.25) is 0 Å². The maximum absolute atomic E-state index is 14.4. The van der Waals surface area contributed by atoms with Crippen molar-refractivity contribution in [1.29, 1.82) is 0 Å². The molecule has 0 bridgehead atoms. The van der Waals surface area contributed by atoms with Gasteiger partial charge in [0.1, 0.15) is 24.4 Å². The molecule has 0 amide bonds. The van der Waals surface area contributed by atoms with Crippen molar-refractivity contribution in [2.24, 2.45) is 29.1 Å². The van der Waals surface area contributed by atoms with Crippen molar-refractivity contribution in [2.75, 3.05) is 0 Å². The molecule has 1 aliphatic heterocycles. The lowest BCUT2D eigenvalue weighted by molar-refractivity contribution is -0.160. The molecular formula is C33H42O9. The number of ketones is 1. The monoisotopic (exact) mass is 582 g/mol. The summed E-state index contributed by atoms with van der Waals surface area (Å²) in [7, 11) is 0. The van der Waals surface area contributed by atoms with Gasteiger partial charge in [0.05, 0.1) is 12.5 Å². The number of rotatable bonds is 6. The fourth-order valence-electron chi connectivity index (χ4n) is 8.04. The van der Waals surface area contributed by atoms with Crippen LogP contribution < -0.4 is 0 Å². The molecule has 10 atom stereocenters. The Bertz CT molecular complexity index is 1300. The van der Waals surface area contributed by atoms with E-state index in [1.807, 2.05) is 64.1 Å². The van der Waals surface area contributed by atoms with Crippen LogP contribution >= 0.6 is 0 Å². The van der Waals surface area contributed by atoms with Gasteiger partial charge in [-0.1, -0.05) is 58.0 Å². The molecule has 1 aromatic carbocycles. The van der Waals surface area contributed by atoms with E-state index in [1.165, 1.54) is 20.8 Å². The molecule has 4 aliphatic rings. The molecule has 5 rings (SSSR count). The molecule has 2 saturated carbocycles. The summed E-state index contributed by atoms with van der Waals surface area (Å²) in [6, 6.07) is 9.68. The number of hydrogen-bond donors (Lipinski definition) is 0. The zero-order valence-electron chi connectivity index (χ0n) is 25.7. The third kappa shape index (κ3) is 4.88. The van der Waals surface area contributed by atoms with Crippen LogP contribution in [0, 0.1) is 29.1 Å². The van der Waals surface area contributed by atoms with E-state index in [0.717, 1.165) is 5.56 Å². The Morgan fingerprint density at radius 3 is 2.07 bits per heavy atom. The minimum Gasteiger partial charge on any atom is -0.461 e. The Labute approximate surface area is 247 Å². The summed E-state index contributed by atoms with van der Waals surface area (Å²) in [4.78, 5) is 51.6. The predicted molar refractivity (Wildman–Crippen MR) is 151 cm³/mol. The number of benzene rings is 1. The lowest BCUT2D eigenvalue weighted by Crippen LogP contribution is -2.43. The zero-order valence-corrected chi connectivity index (χ0v) is 25.7. The predicted octanol–water partition coefficient (Wildman–Crippen LogP) is 4.35. The van der Waals surface area contributed by atoms with E-state index in [0.29, 0.717) is 12.0 Å². The molecule has 3 aliphatic carbocycles. The molecule has 3 fully saturated rings. The van der Waals surface area contributed by atoms with Crippen molar-refractivity contribution in [3.63, 3.8) is 0 Å². The Morgan fingerprint density at radius 2 is 1.48 bits per heavy atom. The van der Waals surface area contributed by atoms with Crippen LogP contribution in [-0.2, 0) is 49.5 Å². The minimum absolute atomic E-state index is 0.170. The van der Waals surface area contributed by atoms with E-state index in [1.54, 1.807) is 6.92 Å². The zero-order chi connectivity index (χ0) is 30.8. The molecule has 0 radical (unpaired) electrons. The van der Waals surface area contributed by atoms with Gasteiger partial charge in [-0.2, -0.15) is 0 Å². The third-order valence-electron chi connectivity index (χ3n) is 9.85. The van der Waals surface area contributed by atoms with Gasteiger partial charge in [-0.15, -0.1) is 0 Å². The molecule has 0 spiro atoms. The van der Waals surface area contributed by atoms with E-state index in [-0.39, 0.29) is 30.1 Å². The average Bonchev–Trinajstić information content (AvgIpc) is 3.69. The summed E-state index contributed by atoms with van der Waals surface area (Å²) in [5.74, 6) is -3.06. The van der Waals surface area contributed by atoms with E-state index in [9.17, 15) is 19.2 Å². The number of esters is 3. The standard InChI is InChI=1S/C33H42O9/c1-17-14-33-30(41-22(6)36)18(2)15-32(33,42-33)29(37)19(3)27(39-20(4)34)24-25(31(24,7)8)28(40-21(5)35)26(17)38-16-23-12-10-9-11-13-23/h9-14,18-19,24-28,30H,15-16H2,1-8H3/b17-14+/t18-,19+,24-,25+,26+,27+,28-,30-,32-,33-/m0/s1. The summed E-state index contributed by atoms with van der Waals surface area (Å²) in [6.07, 6.45) is -0.725. The number of Topliss-reactive ketones (excluding diaryl/α,β-unsaturated/α-hetero) is 1. The third-order valence-corrected chi connectivity index (χ3v) is 9.85. The number of hydrogen-bond acceptors (Lipinski definition) is 9. The first-order valence-electron chi connectivity index (χ1n) is 14.8. The van der Waals surface area contributed by atoms with Crippen molar-refractivity contribution in [2.45, 2.75) is 104 Å². The molecule has 9 heteroatoms. The van der Waals surface area contributed by atoms with Crippen molar-refractivity contribution in [1.82, 2.24) is 0 Å². The van der Waals surface area contributed by atoms with E-state index in [4.69, 9.17) is 23.7 Å². The molecule has 1 heterocycles. The van der Waals surface area contributed by atoms with Crippen LogP contribution in [0.25, 0.3) is 0 Å². The number of epoxide rings is 1. The smallest absolute Gasteiger partial charge is 0.303 e. The largest absolute Gasteiger partial charge is 0.461 e.